The van der Waals surface area contributed by atoms with Crippen LogP contribution in [0.25, 0.3) is 0 Å². The first-order valence-electron chi connectivity index (χ1n) is 6.81. The summed E-state index contributed by atoms with van der Waals surface area (Å²) in [5.41, 5.74) is 3.58. The number of carbonyl (C=O) groups excluding carboxylic acids is 1. The molecular formula is C15H16BrN3O3S. The lowest BCUT2D eigenvalue weighted by Crippen LogP contribution is -2.18. The molecular weight excluding hydrogens is 382 g/mol. The van der Waals surface area contributed by atoms with Crippen LogP contribution in [0.3, 0.4) is 0 Å². The van der Waals surface area contributed by atoms with E-state index in [1.165, 1.54) is 24.7 Å². The second kappa shape index (κ2) is 8.07. The highest BCUT2D eigenvalue weighted by Gasteiger charge is 2.15. The summed E-state index contributed by atoms with van der Waals surface area (Å²) < 4.78 is 11.4. The highest BCUT2D eigenvalue weighted by molar-refractivity contribution is 9.10. The number of hydrogen-bond acceptors (Lipinski definition) is 6. The molecule has 0 saturated heterocycles. The molecule has 0 fully saturated rings. The Morgan fingerprint density at radius 2 is 2.30 bits per heavy atom. The molecule has 0 aliphatic rings. The van der Waals surface area contributed by atoms with Crippen molar-refractivity contribution in [1.29, 1.82) is 0 Å². The van der Waals surface area contributed by atoms with Gasteiger partial charge in [-0.3, -0.25) is 4.79 Å². The topological polar surface area (TPSA) is 72.8 Å². The fourth-order valence-corrected chi connectivity index (χ4v) is 2.92. The van der Waals surface area contributed by atoms with E-state index in [0.29, 0.717) is 33.8 Å². The Morgan fingerprint density at radius 3 is 2.91 bits per heavy atom. The standard InChI is InChI=1S/C15H16BrN3O3S/c1-4-22-14-12(16)5-10(6-13(14)21-3)15(20)19-17-7-11-8-23-9(2)18-11/h5-8H,4H2,1-3H3,(H,19,20)/b17-7-. The normalized spacial score (nSPS) is 10.8. The number of benzene rings is 1. The van der Waals surface area contributed by atoms with E-state index < -0.39 is 0 Å². The third kappa shape index (κ3) is 4.52. The Hall–Kier alpha value is -1.93. The number of carbonyl (C=O) groups is 1. The predicted octanol–water partition coefficient (Wildman–Crippen LogP) is 3.39. The summed E-state index contributed by atoms with van der Waals surface area (Å²) in [7, 11) is 1.52. The molecule has 6 nitrogen and oxygen atoms in total. The SMILES string of the molecule is CCOc1c(Br)cc(C(=O)N/N=C\c2csc(C)n2)cc1OC. The lowest BCUT2D eigenvalue weighted by Gasteiger charge is -2.12. The number of aromatic nitrogens is 1. The molecule has 1 amide bonds. The van der Waals surface area contributed by atoms with Gasteiger partial charge in [-0.15, -0.1) is 11.3 Å². The molecule has 23 heavy (non-hydrogen) atoms. The fraction of sp³-hybridized carbons (Fsp3) is 0.267. The second-order valence-corrected chi connectivity index (χ2v) is 6.33. The molecule has 1 N–H and O–H groups in total. The largest absolute Gasteiger partial charge is 0.493 e. The number of hydrogen-bond donors (Lipinski definition) is 1. The average Bonchev–Trinajstić information content (AvgIpc) is 2.94. The van der Waals surface area contributed by atoms with Gasteiger partial charge in [0, 0.05) is 10.9 Å². The van der Waals surface area contributed by atoms with Crippen LogP contribution in [0.15, 0.2) is 27.1 Å². The molecule has 0 aliphatic carbocycles. The first-order valence-corrected chi connectivity index (χ1v) is 8.48. The molecule has 1 aromatic heterocycles. The Balaban J connectivity index is 2.12. The van der Waals surface area contributed by atoms with E-state index in [9.17, 15) is 4.79 Å². The third-order valence-corrected chi connectivity index (χ3v) is 4.16. The summed E-state index contributed by atoms with van der Waals surface area (Å²) in [5.74, 6) is 0.689. The monoisotopic (exact) mass is 397 g/mol. The molecule has 0 bridgehead atoms. The van der Waals surface area contributed by atoms with Crippen LogP contribution in [0.2, 0.25) is 0 Å². The van der Waals surface area contributed by atoms with Crippen molar-refractivity contribution in [3.05, 3.63) is 38.3 Å². The highest BCUT2D eigenvalue weighted by Crippen LogP contribution is 2.36. The highest BCUT2D eigenvalue weighted by atomic mass is 79.9. The summed E-state index contributed by atoms with van der Waals surface area (Å²) in [5, 5.41) is 6.71. The van der Waals surface area contributed by atoms with Crippen LogP contribution in [0.1, 0.15) is 28.0 Å². The minimum Gasteiger partial charge on any atom is -0.493 e. The second-order valence-electron chi connectivity index (χ2n) is 4.41. The van der Waals surface area contributed by atoms with Crippen molar-refractivity contribution < 1.29 is 14.3 Å². The number of aryl methyl sites for hydroxylation is 1. The zero-order chi connectivity index (χ0) is 16.8. The zero-order valence-electron chi connectivity index (χ0n) is 12.9. The van der Waals surface area contributed by atoms with Crippen molar-refractivity contribution in [1.82, 2.24) is 10.4 Å². The molecule has 0 unspecified atom stereocenters. The fourth-order valence-electron chi connectivity index (χ4n) is 1.80. The van der Waals surface area contributed by atoms with Crippen molar-refractivity contribution in [3.8, 4) is 11.5 Å². The predicted molar refractivity (Wildman–Crippen MR) is 93.8 cm³/mol. The lowest BCUT2D eigenvalue weighted by atomic mass is 10.2. The molecule has 1 heterocycles. The van der Waals surface area contributed by atoms with Crippen molar-refractivity contribution in [2.24, 2.45) is 5.10 Å². The maximum Gasteiger partial charge on any atom is 0.271 e. The number of halogens is 1. The molecule has 0 saturated carbocycles. The van der Waals surface area contributed by atoms with Crippen molar-refractivity contribution in [3.63, 3.8) is 0 Å². The molecule has 2 aromatic rings. The minimum atomic E-state index is -0.352. The summed E-state index contributed by atoms with van der Waals surface area (Å²) in [4.78, 5) is 16.4. The Bertz CT molecular complexity index is 731. The van der Waals surface area contributed by atoms with Gasteiger partial charge in [-0.2, -0.15) is 5.10 Å². The van der Waals surface area contributed by atoms with Crippen molar-refractivity contribution in [2.75, 3.05) is 13.7 Å². The van der Waals surface area contributed by atoms with Gasteiger partial charge in [-0.05, 0) is 41.9 Å². The van der Waals surface area contributed by atoms with Crippen LogP contribution < -0.4 is 14.9 Å². The van der Waals surface area contributed by atoms with E-state index in [1.807, 2.05) is 19.2 Å². The van der Waals surface area contributed by atoms with Crippen LogP contribution >= 0.6 is 27.3 Å². The van der Waals surface area contributed by atoms with E-state index in [0.717, 1.165) is 5.01 Å². The maximum absolute atomic E-state index is 12.2. The average molecular weight is 398 g/mol. The third-order valence-electron chi connectivity index (χ3n) is 2.78. The van der Waals surface area contributed by atoms with Crippen molar-refractivity contribution >= 4 is 39.4 Å². The molecule has 0 radical (unpaired) electrons. The van der Waals surface area contributed by atoms with E-state index in [1.54, 1.807) is 12.1 Å². The number of thiazole rings is 1. The molecule has 0 spiro atoms. The van der Waals surface area contributed by atoms with Crippen LogP contribution in [0.4, 0.5) is 0 Å². The number of nitrogens with one attached hydrogen (secondary N) is 1. The molecule has 0 aliphatic heterocycles. The van der Waals surface area contributed by atoms with Crippen molar-refractivity contribution in [2.45, 2.75) is 13.8 Å². The number of amides is 1. The molecule has 8 heteroatoms. The number of methoxy groups -OCH3 is 1. The van der Waals surface area contributed by atoms with Crippen LogP contribution in [-0.2, 0) is 0 Å². The summed E-state index contributed by atoms with van der Waals surface area (Å²) in [6.45, 7) is 4.28. The number of rotatable bonds is 6. The van der Waals surface area contributed by atoms with Crippen LogP contribution in [-0.4, -0.2) is 30.8 Å². The lowest BCUT2D eigenvalue weighted by molar-refractivity contribution is 0.0954. The first-order chi connectivity index (χ1) is 11.0. The van der Waals surface area contributed by atoms with E-state index in [2.05, 4.69) is 31.4 Å². The van der Waals surface area contributed by atoms with Gasteiger partial charge >= 0.3 is 0 Å². The molecule has 1 aromatic carbocycles. The maximum atomic E-state index is 12.2. The van der Waals surface area contributed by atoms with Gasteiger partial charge in [0.05, 0.1) is 35.1 Å². The Morgan fingerprint density at radius 1 is 1.52 bits per heavy atom. The molecule has 122 valence electrons. The van der Waals surface area contributed by atoms with Gasteiger partial charge in [0.2, 0.25) is 0 Å². The number of ether oxygens (including phenoxy) is 2. The Kier molecular flexibility index (Phi) is 6.12. The number of hydrazone groups is 1. The van der Waals surface area contributed by atoms with E-state index >= 15 is 0 Å². The summed E-state index contributed by atoms with van der Waals surface area (Å²) in [6, 6.07) is 3.26. The van der Waals surface area contributed by atoms with Gasteiger partial charge in [0.1, 0.15) is 0 Å². The van der Waals surface area contributed by atoms with Crippen LogP contribution in [0, 0.1) is 6.92 Å². The van der Waals surface area contributed by atoms with Gasteiger partial charge in [0.25, 0.3) is 5.91 Å². The van der Waals surface area contributed by atoms with Gasteiger partial charge < -0.3 is 9.47 Å². The molecule has 2 rings (SSSR count). The smallest absolute Gasteiger partial charge is 0.271 e. The summed E-state index contributed by atoms with van der Waals surface area (Å²) in [6.07, 6.45) is 1.50. The summed E-state index contributed by atoms with van der Waals surface area (Å²) >= 11 is 4.90. The van der Waals surface area contributed by atoms with E-state index in [4.69, 9.17) is 9.47 Å². The quantitative estimate of drug-likeness (QED) is 0.598. The van der Waals surface area contributed by atoms with Gasteiger partial charge in [0.15, 0.2) is 11.5 Å². The van der Waals surface area contributed by atoms with Gasteiger partial charge in [-0.25, -0.2) is 10.4 Å². The first kappa shape index (κ1) is 17.4. The Labute approximate surface area is 146 Å². The molecule has 0 atom stereocenters. The zero-order valence-corrected chi connectivity index (χ0v) is 15.3. The van der Waals surface area contributed by atoms with Gasteiger partial charge in [-0.1, -0.05) is 0 Å². The number of nitrogens with zero attached hydrogens (tertiary/aromatic N) is 2. The minimum absolute atomic E-state index is 0.352. The van der Waals surface area contributed by atoms with Crippen LogP contribution in [0.5, 0.6) is 11.5 Å². The van der Waals surface area contributed by atoms with E-state index in [-0.39, 0.29) is 5.91 Å².